The minimum Gasteiger partial charge on any atom is -0.309 e. The summed E-state index contributed by atoms with van der Waals surface area (Å²) >= 11 is 4.15. The number of rotatable bonds is 8. The van der Waals surface area contributed by atoms with E-state index in [1.807, 2.05) is 36.4 Å². The Hall–Kier alpha value is -3.42. The first-order valence-corrected chi connectivity index (χ1v) is 10.8. The Labute approximate surface area is 193 Å². The van der Waals surface area contributed by atoms with Crippen molar-refractivity contribution >= 4 is 24.5 Å². The lowest BCUT2D eigenvalue weighted by molar-refractivity contribution is -0.118. The van der Waals surface area contributed by atoms with Crippen LogP contribution in [0, 0.1) is 6.92 Å². The van der Waals surface area contributed by atoms with E-state index in [4.69, 9.17) is 0 Å². The van der Waals surface area contributed by atoms with Gasteiger partial charge in [0.2, 0.25) is 5.91 Å². The summed E-state index contributed by atoms with van der Waals surface area (Å²) in [6.45, 7) is 2.75. The van der Waals surface area contributed by atoms with E-state index in [2.05, 4.69) is 64.7 Å². The fourth-order valence-electron chi connectivity index (χ4n) is 3.42. The Morgan fingerprint density at radius 2 is 1.78 bits per heavy atom. The molecule has 0 aliphatic carbocycles. The number of aryl methyl sites for hydroxylation is 1. The first kappa shape index (κ1) is 21.8. The number of anilines is 1. The SMILES string of the molecule is Cc1ccc(CCNC(C(=O)Nc2ccc(-c3cnn(S)c3)cn2)c2ccccc2)cc1. The fourth-order valence-corrected chi connectivity index (χ4v) is 3.60. The lowest BCUT2D eigenvalue weighted by Crippen LogP contribution is -2.34. The Morgan fingerprint density at radius 1 is 1.00 bits per heavy atom. The van der Waals surface area contributed by atoms with Crippen LogP contribution in [-0.4, -0.2) is 26.6 Å². The van der Waals surface area contributed by atoms with Crippen LogP contribution in [0.15, 0.2) is 85.3 Å². The molecular formula is C25H25N5OS. The van der Waals surface area contributed by atoms with Gasteiger partial charge in [0, 0.05) is 30.1 Å². The van der Waals surface area contributed by atoms with Crippen LogP contribution in [0.25, 0.3) is 11.1 Å². The molecule has 1 atom stereocenters. The average molecular weight is 444 g/mol. The minimum absolute atomic E-state index is 0.150. The molecule has 2 N–H and O–H groups in total. The number of thiol groups is 1. The van der Waals surface area contributed by atoms with Crippen LogP contribution in [0.4, 0.5) is 5.82 Å². The third-order valence-corrected chi connectivity index (χ3v) is 5.41. The van der Waals surface area contributed by atoms with Crippen molar-refractivity contribution in [3.8, 4) is 11.1 Å². The molecule has 0 radical (unpaired) electrons. The van der Waals surface area contributed by atoms with Crippen molar-refractivity contribution in [2.24, 2.45) is 0 Å². The summed E-state index contributed by atoms with van der Waals surface area (Å²) in [5, 5.41) is 10.4. The van der Waals surface area contributed by atoms with E-state index in [0.29, 0.717) is 12.4 Å². The largest absolute Gasteiger partial charge is 0.309 e. The first-order valence-electron chi connectivity index (χ1n) is 10.4. The maximum atomic E-state index is 13.1. The maximum absolute atomic E-state index is 13.1. The molecule has 0 aliphatic heterocycles. The molecule has 0 bridgehead atoms. The molecule has 4 aromatic rings. The summed E-state index contributed by atoms with van der Waals surface area (Å²) < 4.78 is 1.44. The minimum atomic E-state index is -0.481. The molecule has 2 aromatic heterocycles. The lowest BCUT2D eigenvalue weighted by atomic mass is 10.1. The number of hydrogen-bond donors (Lipinski definition) is 3. The summed E-state index contributed by atoms with van der Waals surface area (Å²) in [5.74, 6) is 0.349. The third kappa shape index (κ3) is 5.63. The van der Waals surface area contributed by atoms with Gasteiger partial charge < -0.3 is 10.6 Å². The fraction of sp³-hybridized carbons (Fsp3) is 0.160. The topological polar surface area (TPSA) is 71.8 Å². The first-order chi connectivity index (χ1) is 15.6. The van der Waals surface area contributed by atoms with Crippen LogP contribution in [0.2, 0.25) is 0 Å². The van der Waals surface area contributed by atoms with E-state index < -0.39 is 6.04 Å². The third-order valence-electron chi connectivity index (χ3n) is 5.20. The molecule has 2 heterocycles. The molecule has 7 heteroatoms. The average Bonchev–Trinajstić information content (AvgIpc) is 3.25. The summed E-state index contributed by atoms with van der Waals surface area (Å²) in [7, 11) is 0. The quantitative estimate of drug-likeness (QED) is 0.352. The van der Waals surface area contributed by atoms with Gasteiger partial charge in [-0.2, -0.15) is 5.10 Å². The van der Waals surface area contributed by atoms with Gasteiger partial charge in [-0.15, -0.1) is 0 Å². The van der Waals surface area contributed by atoms with E-state index in [-0.39, 0.29) is 5.91 Å². The maximum Gasteiger partial charge on any atom is 0.247 e. The second kappa shape index (κ2) is 10.3. The number of nitrogens with one attached hydrogen (secondary N) is 2. The standard InChI is InChI=1S/C25H25N5OS/c1-18-7-9-19(10-8-18)13-14-26-24(20-5-3-2-4-6-20)25(31)29-23-12-11-21(15-27-23)22-16-28-30(32)17-22/h2-12,15-17,24,26,32H,13-14H2,1H3,(H,27,29,31). The Bertz CT molecular complexity index is 1160. The number of pyridine rings is 1. The number of carbonyl (C=O) groups excluding carboxylic acids is 1. The lowest BCUT2D eigenvalue weighted by Gasteiger charge is -2.19. The number of aromatic nitrogens is 3. The van der Waals surface area contributed by atoms with Gasteiger partial charge in [0.1, 0.15) is 11.9 Å². The van der Waals surface area contributed by atoms with Crippen molar-refractivity contribution in [1.29, 1.82) is 0 Å². The molecule has 0 aliphatic rings. The Morgan fingerprint density at radius 3 is 2.44 bits per heavy atom. The zero-order valence-corrected chi connectivity index (χ0v) is 18.7. The van der Waals surface area contributed by atoms with Crippen molar-refractivity contribution in [2.45, 2.75) is 19.4 Å². The molecule has 1 amide bonds. The van der Waals surface area contributed by atoms with Crippen LogP contribution < -0.4 is 10.6 Å². The summed E-state index contributed by atoms with van der Waals surface area (Å²) in [6, 6.07) is 21.4. The molecule has 162 valence electrons. The van der Waals surface area contributed by atoms with Gasteiger partial charge in [0.15, 0.2) is 0 Å². The van der Waals surface area contributed by atoms with Crippen LogP contribution in [0.3, 0.4) is 0 Å². The van der Waals surface area contributed by atoms with E-state index in [1.54, 1.807) is 24.7 Å². The highest BCUT2D eigenvalue weighted by Gasteiger charge is 2.20. The summed E-state index contributed by atoms with van der Waals surface area (Å²) in [4.78, 5) is 17.5. The molecule has 32 heavy (non-hydrogen) atoms. The highest BCUT2D eigenvalue weighted by atomic mass is 32.1. The Kier molecular flexibility index (Phi) is 6.99. The molecular weight excluding hydrogens is 418 g/mol. The second-order valence-electron chi connectivity index (χ2n) is 7.60. The van der Waals surface area contributed by atoms with Crippen molar-refractivity contribution in [1.82, 2.24) is 19.5 Å². The zero-order valence-electron chi connectivity index (χ0n) is 17.8. The summed E-state index contributed by atoms with van der Waals surface area (Å²) in [6.07, 6.45) is 6.05. The number of carbonyl (C=O) groups is 1. The van der Waals surface area contributed by atoms with E-state index in [9.17, 15) is 4.79 Å². The molecule has 0 fully saturated rings. The number of hydrogen-bond acceptors (Lipinski definition) is 5. The van der Waals surface area contributed by atoms with E-state index in [0.717, 1.165) is 23.1 Å². The van der Waals surface area contributed by atoms with Crippen LogP contribution in [-0.2, 0) is 11.2 Å². The summed E-state index contributed by atoms with van der Waals surface area (Å²) in [5.41, 5.74) is 5.19. The molecule has 4 rings (SSSR count). The molecule has 0 saturated heterocycles. The van der Waals surface area contributed by atoms with Crippen LogP contribution in [0.1, 0.15) is 22.7 Å². The van der Waals surface area contributed by atoms with Gasteiger partial charge in [0.25, 0.3) is 0 Å². The van der Waals surface area contributed by atoms with Gasteiger partial charge in [-0.3, -0.25) is 4.79 Å². The van der Waals surface area contributed by atoms with E-state index >= 15 is 0 Å². The monoisotopic (exact) mass is 443 g/mol. The van der Waals surface area contributed by atoms with Gasteiger partial charge in [-0.25, -0.2) is 9.07 Å². The van der Waals surface area contributed by atoms with Crippen molar-refractivity contribution in [3.63, 3.8) is 0 Å². The number of benzene rings is 2. The predicted molar refractivity (Wildman–Crippen MR) is 131 cm³/mol. The molecule has 0 saturated carbocycles. The zero-order chi connectivity index (χ0) is 22.3. The van der Waals surface area contributed by atoms with E-state index in [1.165, 1.54) is 15.2 Å². The Balaban J connectivity index is 1.43. The smallest absolute Gasteiger partial charge is 0.247 e. The van der Waals surface area contributed by atoms with Crippen LogP contribution in [0.5, 0.6) is 0 Å². The van der Waals surface area contributed by atoms with Crippen molar-refractivity contribution in [2.75, 3.05) is 11.9 Å². The molecule has 1 unspecified atom stereocenters. The molecule has 6 nitrogen and oxygen atoms in total. The second-order valence-corrected chi connectivity index (χ2v) is 8.01. The number of nitrogens with zero attached hydrogens (tertiary/aromatic N) is 3. The predicted octanol–water partition coefficient (Wildman–Crippen LogP) is 4.46. The number of amides is 1. The normalized spacial score (nSPS) is 11.8. The molecule has 2 aromatic carbocycles. The highest BCUT2D eigenvalue weighted by molar-refractivity contribution is 7.78. The van der Waals surface area contributed by atoms with Gasteiger partial charge in [-0.05, 0) is 49.4 Å². The van der Waals surface area contributed by atoms with Gasteiger partial charge in [0.05, 0.1) is 6.20 Å². The van der Waals surface area contributed by atoms with Crippen LogP contribution >= 0.6 is 12.8 Å². The highest BCUT2D eigenvalue weighted by Crippen LogP contribution is 2.20. The van der Waals surface area contributed by atoms with Crippen molar-refractivity contribution in [3.05, 3.63) is 102 Å². The molecule has 0 spiro atoms. The van der Waals surface area contributed by atoms with Crippen molar-refractivity contribution < 1.29 is 4.79 Å². The van der Waals surface area contributed by atoms with Gasteiger partial charge in [-0.1, -0.05) is 60.2 Å². The van der Waals surface area contributed by atoms with Gasteiger partial charge >= 0.3 is 0 Å².